The van der Waals surface area contributed by atoms with Gasteiger partial charge in [-0.05, 0) is 50.2 Å². The average Bonchev–Trinajstić information content (AvgIpc) is 2.87. The van der Waals surface area contributed by atoms with Gasteiger partial charge >= 0.3 is 5.97 Å². The summed E-state index contributed by atoms with van der Waals surface area (Å²) >= 11 is 0. The Morgan fingerprint density at radius 2 is 2.04 bits per heavy atom. The standard InChI is InChI=1S/C17H16FN3O2/c1-3-23-17(22)16-9-12-8-13(18)5-7-15(12)21(16)10-14-6-4-11(2)19-20-14/h4-9H,3,10H2,1-2H3. The van der Waals surface area contributed by atoms with E-state index in [1.54, 1.807) is 23.6 Å². The molecule has 3 aromatic rings. The molecule has 118 valence electrons. The van der Waals surface area contributed by atoms with Gasteiger partial charge in [-0.1, -0.05) is 0 Å². The molecule has 0 spiro atoms. The lowest BCUT2D eigenvalue weighted by atomic mass is 10.2. The number of nitrogens with zero attached hydrogens (tertiary/aromatic N) is 3. The van der Waals surface area contributed by atoms with Crippen molar-refractivity contribution in [1.29, 1.82) is 0 Å². The molecule has 0 saturated carbocycles. The Kier molecular flexibility index (Phi) is 4.06. The molecule has 0 radical (unpaired) electrons. The molecule has 0 unspecified atom stereocenters. The van der Waals surface area contributed by atoms with Crippen LogP contribution in [0.5, 0.6) is 0 Å². The van der Waals surface area contributed by atoms with Gasteiger partial charge in [-0.3, -0.25) is 0 Å². The molecule has 23 heavy (non-hydrogen) atoms. The number of aromatic nitrogens is 3. The summed E-state index contributed by atoms with van der Waals surface area (Å²) < 4.78 is 20.3. The Bertz CT molecular complexity index is 856. The van der Waals surface area contributed by atoms with Crippen molar-refractivity contribution < 1.29 is 13.9 Å². The van der Waals surface area contributed by atoms with Gasteiger partial charge in [0.15, 0.2) is 0 Å². The molecule has 5 nitrogen and oxygen atoms in total. The van der Waals surface area contributed by atoms with Gasteiger partial charge in [0.1, 0.15) is 11.5 Å². The van der Waals surface area contributed by atoms with E-state index in [0.717, 1.165) is 11.2 Å². The summed E-state index contributed by atoms with van der Waals surface area (Å²) in [5.41, 5.74) is 2.65. The summed E-state index contributed by atoms with van der Waals surface area (Å²) in [4.78, 5) is 12.2. The fourth-order valence-corrected chi connectivity index (χ4v) is 2.46. The van der Waals surface area contributed by atoms with Gasteiger partial charge < -0.3 is 9.30 Å². The number of rotatable bonds is 4. The van der Waals surface area contributed by atoms with Gasteiger partial charge in [-0.2, -0.15) is 10.2 Å². The topological polar surface area (TPSA) is 57.0 Å². The Morgan fingerprint density at radius 3 is 2.74 bits per heavy atom. The summed E-state index contributed by atoms with van der Waals surface area (Å²) in [6, 6.07) is 9.77. The Hall–Kier alpha value is -2.76. The number of carbonyl (C=O) groups is 1. The number of fused-ring (bicyclic) bond motifs is 1. The van der Waals surface area contributed by atoms with Crippen molar-refractivity contribution in [2.75, 3.05) is 6.61 Å². The number of ether oxygens (including phenoxy) is 1. The second-order valence-corrected chi connectivity index (χ2v) is 5.21. The van der Waals surface area contributed by atoms with Crippen molar-refractivity contribution in [1.82, 2.24) is 14.8 Å². The second kappa shape index (κ2) is 6.16. The van der Waals surface area contributed by atoms with E-state index in [0.29, 0.717) is 23.3 Å². The maximum atomic E-state index is 13.5. The van der Waals surface area contributed by atoms with Gasteiger partial charge in [0, 0.05) is 10.9 Å². The largest absolute Gasteiger partial charge is 0.461 e. The van der Waals surface area contributed by atoms with Crippen molar-refractivity contribution in [3.8, 4) is 0 Å². The number of hydrogen-bond acceptors (Lipinski definition) is 4. The van der Waals surface area contributed by atoms with Crippen molar-refractivity contribution in [2.24, 2.45) is 0 Å². The number of halogens is 1. The molecule has 0 bridgehead atoms. The van der Waals surface area contributed by atoms with Crippen LogP contribution in [0.25, 0.3) is 10.9 Å². The summed E-state index contributed by atoms with van der Waals surface area (Å²) in [7, 11) is 0. The van der Waals surface area contributed by atoms with Crippen LogP contribution in [0.2, 0.25) is 0 Å². The van der Waals surface area contributed by atoms with Crippen LogP contribution in [0.3, 0.4) is 0 Å². The molecule has 0 fully saturated rings. The van der Waals surface area contributed by atoms with Crippen LogP contribution in [0.1, 0.15) is 28.8 Å². The van der Waals surface area contributed by atoms with Crippen LogP contribution in [0, 0.1) is 12.7 Å². The molecule has 0 atom stereocenters. The Balaban J connectivity index is 2.09. The third-order valence-corrected chi connectivity index (χ3v) is 3.52. The molecule has 0 amide bonds. The number of hydrogen-bond donors (Lipinski definition) is 0. The van der Waals surface area contributed by atoms with E-state index in [9.17, 15) is 9.18 Å². The molecule has 0 aliphatic rings. The Morgan fingerprint density at radius 1 is 1.22 bits per heavy atom. The highest BCUT2D eigenvalue weighted by molar-refractivity contribution is 5.95. The maximum Gasteiger partial charge on any atom is 0.354 e. The van der Waals surface area contributed by atoms with E-state index in [4.69, 9.17) is 4.74 Å². The fraction of sp³-hybridized carbons (Fsp3) is 0.235. The fourth-order valence-electron chi connectivity index (χ4n) is 2.46. The summed E-state index contributed by atoms with van der Waals surface area (Å²) in [5, 5.41) is 8.80. The third kappa shape index (κ3) is 3.06. The first kappa shape index (κ1) is 15.1. The van der Waals surface area contributed by atoms with Gasteiger partial charge in [0.25, 0.3) is 0 Å². The van der Waals surface area contributed by atoms with Gasteiger partial charge in [0.05, 0.1) is 24.5 Å². The molecule has 0 N–H and O–H groups in total. The van der Waals surface area contributed by atoms with E-state index in [-0.39, 0.29) is 12.4 Å². The summed E-state index contributed by atoms with van der Waals surface area (Å²) in [6.07, 6.45) is 0. The molecule has 0 aliphatic carbocycles. The zero-order valence-electron chi connectivity index (χ0n) is 12.9. The van der Waals surface area contributed by atoms with E-state index in [1.165, 1.54) is 12.1 Å². The van der Waals surface area contributed by atoms with Crippen LogP contribution in [0.4, 0.5) is 4.39 Å². The number of aryl methyl sites for hydroxylation is 1. The maximum absolute atomic E-state index is 13.5. The van der Waals surface area contributed by atoms with E-state index < -0.39 is 5.97 Å². The highest BCUT2D eigenvalue weighted by Crippen LogP contribution is 2.23. The molecule has 1 aromatic carbocycles. The lowest BCUT2D eigenvalue weighted by molar-refractivity contribution is 0.0515. The number of benzene rings is 1. The quantitative estimate of drug-likeness (QED) is 0.695. The van der Waals surface area contributed by atoms with Crippen LogP contribution >= 0.6 is 0 Å². The third-order valence-electron chi connectivity index (χ3n) is 3.52. The smallest absolute Gasteiger partial charge is 0.354 e. The minimum Gasteiger partial charge on any atom is -0.461 e. The lowest BCUT2D eigenvalue weighted by Gasteiger charge is -2.09. The minimum atomic E-state index is -0.441. The molecular formula is C17H16FN3O2. The number of carbonyl (C=O) groups excluding carboxylic acids is 1. The number of esters is 1. The highest BCUT2D eigenvalue weighted by atomic mass is 19.1. The first-order valence-corrected chi connectivity index (χ1v) is 7.33. The first-order chi connectivity index (χ1) is 11.1. The average molecular weight is 313 g/mol. The second-order valence-electron chi connectivity index (χ2n) is 5.21. The zero-order valence-corrected chi connectivity index (χ0v) is 12.9. The molecule has 2 heterocycles. The van der Waals surface area contributed by atoms with Gasteiger partial charge in [-0.15, -0.1) is 0 Å². The van der Waals surface area contributed by atoms with Crippen LogP contribution in [-0.2, 0) is 11.3 Å². The van der Waals surface area contributed by atoms with Crippen LogP contribution in [-0.4, -0.2) is 27.3 Å². The van der Waals surface area contributed by atoms with Crippen molar-refractivity contribution in [3.05, 3.63) is 59.3 Å². The van der Waals surface area contributed by atoms with Crippen LogP contribution < -0.4 is 0 Å². The molecular weight excluding hydrogens is 297 g/mol. The summed E-state index contributed by atoms with van der Waals surface area (Å²) in [6.45, 7) is 4.24. The van der Waals surface area contributed by atoms with Crippen molar-refractivity contribution in [2.45, 2.75) is 20.4 Å². The Labute approximate surface area is 132 Å². The SMILES string of the molecule is CCOC(=O)c1cc2cc(F)ccc2n1Cc1ccc(C)nn1. The predicted molar refractivity (Wildman–Crippen MR) is 83.7 cm³/mol. The summed E-state index contributed by atoms with van der Waals surface area (Å²) in [5.74, 6) is -0.788. The van der Waals surface area contributed by atoms with E-state index in [2.05, 4.69) is 10.2 Å². The van der Waals surface area contributed by atoms with Gasteiger partial charge in [0.2, 0.25) is 0 Å². The lowest BCUT2D eigenvalue weighted by Crippen LogP contribution is -2.13. The monoisotopic (exact) mass is 313 g/mol. The molecule has 3 rings (SSSR count). The van der Waals surface area contributed by atoms with Gasteiger partial charge in [-0.25, -0.2) is 9.18 Å². The highest BCUT2D eigenvalue weighted by Gasteiger charge is 2.17. The van der Waals surface area contributed by atoms with E-state index >= 15 is 0 Å². The molecule has 2 aromatic heterocycles. The molecule has 6 heteroatoms. The molecule has 0 saturated heterocycles. The normalized spacial score (nSPS) is 10.9. The van der Waals surface area contributed by atoms with E-state index in [1.807, 2.05) is 19.1 Å². The predicted octanol–water partition coefficient (Wildman–Crippen LogP) is 3.10. The zero-order chi connectivity index (χ0) is 16.4. The molecule has 0 aliphatic heterocycles. The van der Waals surface area contributed by atoms with Crippen molar-refractivity contribution >= 4 is 16.9 Å². The minimum absolute atomic E-state index is 0.277. The first-order valence-electron chi connectivity index (χ1n) is 7.33. The van der Waals surface area contributed by atoms with Crippen LogP contribution in [0.15, 0.2) is 36.4 Å². The van der Waals surface area contributed by atoms with Crippen molar-refractivity contribution in [3.63, 3.8) is 0 Å².